The molecule has 1 heterocycles. The number of rotatable bonds is 7. The van der Waals surface area contributed by atoms with E-state index in [0.717, 1.165) is 19.3 Å². The van der Waals surface area contributed by atoms with Crippen LogP contribution in [0.15, 0.2) is 53.4 Å². The molecule has 1 aliphatic rings. The normalized spacial score (nSPS) is 15.4. The zero-order valence-corrected chi connectivity index (χ0v) is 18.5. The van der Waals surface area contributed by atoms with Crippen LogP contribution in [-0.2, 0) is 14.8 Å². The van der Waals surface area contributed by atoms with Crippen molar-refractivity contribution in [3.63, 3.8) is 0 Å². The fourth-order valence-electron chi connectivity index (χ4n) is 3.30. The summed E-state index contributed by atoms with van der Waals surface area (Å²) in [5.74, 6) is -0.426. The van der Waals surface area contributed by atoms with E-state index in [1.807, 2.05) is 13.8 Å². The third-order valence-electron chi connectivity index (χ3n) is 4.82. The average Bonchev–Trinajstić information content (AvgIpc) is 2.75. The lowest BCUT2D eigenvalue weighted by atomic mass is 10.2. The lowest BCUT2D eigenvalue weighted by molar-refractivity contribution is -0.111. The number of nitrogens with one attached hydrogen (secondary N) is 1. The fourth-order valence-corrected chi connectivity index (χ4v) is 4.84. The lowest BCUT2D eigenvalue weighted by Crippen LogP contribution is -2.35. The standard InChI is InChI=1S/C23H27FN2O4S/c1-17(2)30-22-12-11-20(31(28,29)26-14-4-3-5-15-26)16-21(22)25-23(27)13-8-18-6-9-19(24)10-7-18/h6-13,16-17H,3-5,14-15H2,1-2H3,(H,25,27). The average molecular weight is 447 g/mol. The van der Waals surface area contributed by atoms with Crippen molar-refractivity contribution < 1.29 is 22.3 Å². The first-order chi connectivity index (χ1) is 14.8. The zero-order valence-electron chi connectivity index (χ0n) is 17.7. The van der Waals surface area contributed by atoms with E-state index in [4.69, 9.17) is 4.74 Å². The second kappa shape index (κ2) is 10.1. The molecule has 0 radical (unpaired) electrons. The number of nitrogens with zero attached hydrogens (tertiary/aromatic N) is 1. The molecule has 0 spiro atoms. The van der Waals surface area contributed by atoms with Crippen LogP contribution in [0.4, 0.5) is 10.1 Å². The van der Waals surface area contributed by atoms with Gasteiger partial charge in [0.05, 0.1) is 16.7 Å². The minimum atomic E-state index is -3.65. The van der Waals surface area contributed by atoms with E-state index >= 15 is 0 Å². The minimum Gasteiger partial charge on any atom is -0.489 e. The Kier molecular flexibility index (Phi) is 7.46. The van der Waals surface area contributed by atoms with Gasteiger partial charge < -0.3 is 10.1 Å². The summed E-state index contributed by atoms with van der Waals surface area (Å²) in [5, 5.41) is 2.71. The molecular weight excluding hydrogens is 419 g/mol. The molecule has 1 fully saturated rings. The predicted octanol–water partition coefficient (Wildman–Crippen LogP) is 4.44. The summed E-state index contributed by atoms with van der Waals surface area (Å²) >= 11 is 0. The molecule has 0 saturated carbocycles. The number of piperidine rings is 1. The number of anilines is 1. The van der Waals surface area contributed by atoms with Gasteiger partial charge in [0.25, 0.3) is 0 Å². The molecule has 31 heavy (non-hydrogen) atoms. The van der Waals surface area contributed by atoms with Gasteiger partial charge in [0.1, 0.15) is 11.6 Å². The third-order valence-corrected chi connectivity index (χ3v) is 6.72. The Morgan fingerprint density at radius 3 is 2.42 bits per heavy atom. The SMILES string of the molecule is CC(C)Oc1ccc(S(=O)(=O)N2CCCCC2)cc1NC(=O)C=Cc1ccc(F)cc1. The summed E-state index contributed by atoms with van der Waals surface area (Å²) in [6, 6.07) is 10.2. The van der Waals surface area contributed by atoms with Gasteiger partial charge in [-0.15, -0.1) is 0 Å². The van der Waals surface area contributed by atoms with Crippen molar-refractivity contribution in [2.75, 3.05) is 18.4 Å². The van der Waals surface area contributed by atoms with E-state index in [2.05, 4.69) is 5.32 Å². The van der Waals surface area contributed by atoms with E-state index < -0.39 is 15.9 Å². The van der Waals surface area contributed by atoms with E-state index in [9.17, 15) is 17.6 Å². The van der Waals surface area contributed by atoms with E-state index in [1.165, 1.54) is 34.6 Å². The molecule has 0 aromatic heterocycles. The molecule has 0 unspecified atom stereocenters. The van der Waals surface area contributed by atoms with Crippen molar-refractivity contribution in [1.29, 1.82) is 0 Å². The third kappa shape index (κ3) is 6.15. The molecule has 0 atom stereocenters. The summed E-state index contributed by atoms with van der Waals surface area (Å²) in [4.78, 5) is 12.6. The van der Waals surface area contributed by atoms with E-state index in [-0.39, 0.29) is 22.5 Å². The maximum Gasteiger partial charge on any atom is 0.248 e. The van der Waals surface area contributed by atoms with Crippen LogP contribution in [0.25, 0.3) is 6.08 Å². The Morgan fingerprint density at radius 1 is 1.10 bits per heavy atom. The number of halogens is 1. The van der Waals surface area contributed by atoms with Crippen LogP contribution in [-0.4, -0.2) is 37.8 Å². The maximum atomic E-state index is 13.0. The number of hydrogen-bond donors (Lipinski definition) is 1. The van der Waals surface area contributed by atoms with Crippen LogP contribution in [0.2, 0.25) is 0 Å². The van der Waals surface area contributed by atoms with Gasteiger partial charge in [0, 0.05) is 19.2 Å². The maximum absolute atomic E-state index is 13.0. The highest BCUT2D eigenvalue weighted by atomic mass is 32.2. The van der Waals surface area contributed by atoms with Crippen LogP contribution >= 0.6 is 0 Å². The van der Waals surface area contributed by atoms with Crippen molar-refractivity contribution in [2.24, 2.45) is 0 Å². The molecule has 1 saturated heterocycles. The van der Waals surface area contributed by atoms with E-state index in [0.29, 0.717) is 24.4 Å². The Hall–Kier alpha value is -2.71. The summed E-state index contributed by atoms with van der Waals surface area (Å²) in [6.07, 6.45) is 5.39. The van der Waals surface area contributed by atoms with Crippen LogP contribution in [0, 0.1) is 5.82 Å². The monoisotopic (exact) mass is 446 g/mol. The Morgan fingerprint density at radius 2 is 1.77 bits per heavy atom. The smallest absolute Gasteiger partial charge is 0.248 e. The molecule has 0 aliphatic carbocycles. The molecule has 1 amide bonds. The Balaban J connectivity index is 1.84. The van der Waals surface area contributed by atoms with Gasteiger partial charge in [0.2, 0.25) is 15.9 Å². The number of ether oxygens (including phenoxy) is 1. The number of carbonyl (C=O) groups excluding carboxylic acids is 1. The number of amides is 1. The molecule has 3 rings (SSSR count). The first-order valence-corrected chi connectivity index (χ1v) is 11.8. The molecule has 2 aromatic rings. The lowest BCUT2D eigenvalue weighted by Gasteiger charge is -2.26. The van der Waals surface area contributed by atoms with Gasteiger partial charge in [-0.3, -0.25) is 4.79 Å². The van der Waals surface area contributed by atoms with Crippen molar-refractivity contribution in [1.82, 2.24) is 4.31 Å². The van der Waals surface area contributed by atoms with Crippen LogP contribution in [0.5, 0.6) is 5.75 Å². The Labute approximate surface area is 182 Å². The molecular formula is C23H27FN2O4S. The van der Waals surface area contributed by atoms with Gasteiger partial charge in [-0.25, -0.2) is 12.8 Å². The first kappa shape index (κ1) is 23.0. The molecule has 6 nitrogen and oxygen atoms in total. The second-order valence-electron chi connectivity index (χ2n) is 7.66. The quantitative estimate of drug-likeness (QED) is 0.638. The number of hydrogen-bond acceptors (Lipinski definition) is 4. The predicted molar refractivity (Wildman–Crippen MR) is 119 cm³/mol. The number of benzene rings is 2. The van der Waals surface area contributed by atoms with Gasteiger partial charge in [-0.05, 0) is 68.7 Å². The first-order valence-electron chi connectivity index (χ1n) is 10.3. The van der Waals surface area contributed by atoms with Crippen molar-refractivity contribution in [3.8, 4) is 5.75 Å². The van der Waals surface area contributed by atoms with Crippen LogP contribution < -0.4 is 10.1 Å². The van der Waals surface area contributed by atoms with Crippen LogP contribution in [0.3, 0.4) is 0 Å². The molecule has 166 valence electrons. The minimum absolute atomic E-state index is 0.114. The zero-order chi connectivity index (χ0) is 22.4. The highest BCUT2D eigenvalue weighted by Gasteiger charge is 2.27. The van der Waals surface area contributed by atoms with Crippen molar-refractivity contribution in [2.45, 2.75) is 44.1 Å². The molecule has 1 aliphatic heterocycles. The van der Waals surface area contributed by atoms with Gasteiger partial charge >= 0.3 is 0 Å². The molecule has 1 N–H and O–H groups in total. The van der Waals surface area contributed by atoms with Crippen molar-refractivity contribution in [3.05, 3.63) is 59.9 Å². The highest BCUT2D eigenvalue weighted by Crippen LogP contribution is 2.31. The molecule has 0 bridgehead atoms. The van der Waals surface area contributed by atoms with Crippen molar-refractivity contribution >= 4 is 27.7 Å². The topological polar surface area (TPSA) is 75.7 Å². The van der Waals surface area contributed by atoms with E-state index in [1.54, 1.807) is 24.3 Å². The Bertz CT molecular complexity index is 1040. The number of carbonyl (C=O) groups is 1. The largest absolute Gasteiger partial charge is 0.489 e. The number of sulfonamides is 1. The fraction of sp³-hybridized carbons (Fsp3) is 0.348. The molecule has 8 heteroatoms. The van der Waals surface area contributed by atoms with Gasteiger partial charge in [-0.2, -0.15) is 4.31 Å². The summed E-state index contributed by atoms with van der Waals surface area (Å²) in [7, 11) is -3.65. The van der Waals surface area contributed by atoms with Crippen LogP contribution in [0.1, 0.15) is 38.7 Å². The molecule has 2 aromatic carbocycles. The second-order valence-corrected chi connectivity index (χ2v) is 9.60. The summed E-state index contributed by atoms with van der Waals surface area (Å²) in [6.45, 7) is 4.68. The van der Waals surface area contributed by atoms with Gasteiger partial charge in [-0.1, -0.05) is 18.6 Å². The summed E-state index contributed by atoms with van der Waals surface area (Å²) in [5.41, 5.74) is 0.942. The highest BCUT2D eigenvalue weighted by molar-refractivity contribution is 7.89. The van der Waals surface area contributed by atoms with Gasteiger partial charge in [0.15, 0.2) is 0 Å². The summed E-state index contributed by atoms with van der Waals surface area (Å²) < 4.78 is 46.3.